The predicted octanol–water partition coefficient (Wildman–Crippen LogP) is 1.45. The van der Waals surface area contributed by atoms with E-state index in [1.54, 1.807) is 24.3 Å². The molecule has 0 aliphatic heterocycles. The van der Waals surface area contributed by atoms with Crippen LogP contribution in [0.15, 0.2) is 24.3 Å². The molecule has 1 aromatic carbocycles. The Morgan fingerprint density at radius 2 is 2.11 bits per heavy atom. The van der Waals surface area contributed by atoms with Crippen LogP contribution in [0.2, 0.25) is 0 Å². The van der Waals surface area contributed by atoms with Gasteiger partial charge >= 0.3 is 0 Å². The first-order valence-corrected chi connectivity index (χ1v) is 5.70. The van der Waals surface area contributed by atoms with Gasteiger partial charge in [0.25, 0.3) is 0 Å². The summed E-state index contributed by atoms with van der Waals surface area (Å²) in [6, 6.07) is 6.93. The summed E-state index contributed by atoms with van der Waals surface area (Å²) in [6.45, 7) is 0. The molecule has 0 saturated heterocycles. The molecule has 3 N–H and O–H groups in total. The number of methoxy groups -OCH3 is 1. The third kappa shape index (κ3) is 2.57. The molecule has 1 fully saturated rings. The molecular weight excluding hydrogens is 254 g/mol. The quantitative estimate of drug-likeness (QED) is 0.628. The number of nitrogens with two attached hydrogens (primary N) is 1. The molecule has 100 valence electrons. The van der Waals surface area contributed by atoms with E-state index in [2.05, 4.69) is 0 Å². The minimum absolute atomic E-state index is 0. The lowest BCUT2D eigenvalue weighted by Gasteiger charge is -2.34. The number of rotatable bonds is 5. The smallest absolute Gasteiger partial charge is 0.169 e. The number of aliphatic hydroxyl groups excluding tert-OH is 1. The van der Waals surface area contributed by atoms with Gasteiger partial charge in [0.05, 0.1) is 0 Å². The van der Waals surface area contributed by atoms with Gasteiger partial charge in [-0.3, -0.25) is 10.5 Å². The van der Waals surface area contributed by atoms with Gasteiger partial charge in [-0.1, -0.05) is 24.3 Å². The highest BCUT2D eigenvalue weighted by Gasteiger charge is 2.45. The number of carbonyl (C=O) groups is 1. The number of halogens is 1. The van der Waals surface area contributed by atoms with Crippen molar-refractivity contribution in [3.8, 4) is 0 Å². The van der Waals surface area contributed by atoms with E-state index in [-0.39, 0.29) is 18.3 Å². The van der Waals surface area contributed by atoms with Gasteiger partial charge in [0.1, 0.15) is 12.4 Å². The maximum Gasteiger partial charge on any atom is 0.169 e. The predicted molar refractivity (Wildman–Crippen MR) is 70.7 cm³/mol. The van der Waals surface area contributed by atoms with Gasteiger partial charge in [0.2, 0.25) is 0 Å². The summed E-state index contributed by atoms with van der Waals surface area (Å²) in [6.07, 6.45) is 1.85. The lowest BCUT2D eigenvalue weighted by molar-refractivity contribution is -0.114. The average Bonchev–Trinajstić information content (AvgIpc) is 3.21. The van der Waals surface area contributed by atoms with Crippen LogP contribution in [0.4, 0.5) is 0 Å². The van der Waals surface area contributed by atoms with Crippen LogP contribution in [0.1, 0.15) is 28.8 Å². The first-order chi connectivity index (χ1) is 8.13. The topological polar surface area (TPSA) is 72.5 Å². The minimum atomic E-state index is -1.31. The first kappa shape index (κ1) is 15.1. The second-order valence-electron chi connectivity index (χ2n) is 4.48. The van der Waals surface area contributed by atoms with Crippen molar-refractivity contribution in [3.05, 3.63) is 35.4 Å². The van der Waals surface area contributed by atoms with Crippen molar-refractivity contribution in [1.29, 1.82) is 0 Å². The molecular formula is C13H18ClNO3. The molecule has 0 radical (unpaired) electrons. The van der Waals surface area contributed by atoms with Gasteiger partial charge in [-0.2, -0.15) is 0 Å². The summed E-state index contributed by atoms with van der Waals surface area (Å²) >= 11 is 0. The summed E-state index contributed by atoms with van der Waals surface area (Å²) in [5, 5.41) is 10.2. The van der Waals surface area contributed by atoms with Crippen LogP contribution in [0, 0.1) is 5.92 Å². The minimum Gasteiger partial charge on any atom is -0.388 e. The highest BCUT2D eigenvalue weighted by atomic mass is 35.5. The van der Waals surface area contributed by atoms with Crippen molar-refractivity contribution < 1.29 is 14.6 Å². The molecule has 4 nitrogen and oxygen atoms in total. The summed E-state index contributed by atoms with van der Waals surface area (Å²) in [5.74, 6) is 0.166. The van der Waals surface area contributed by atoms with Gasteiger partial charge in [0.15, 0.2) is 5.72 Å². The lowest BCUT2D eigenvalue weighted by Crippen LogP contribution is -2.51. The second-order valence-corrected chi connectivity index (χ2v) is 4.48. The Hall–Kier alpha value is -0.940. The Morgan fingerprint density at radius 1 is 1.50 bits per heavy atom. The van der Waals surface area contributed by atoms with Crippen LogP contribution < -0.4 is 5.73 Å². The Morgan fingerprint density at radius 3 is 2.61 bits per heavy atom. The molecule has 18 heavy (non-hydrogen) atoms. The number of ether oxygens (including phenoxy) is 1. The largest absolute Gasteiger partial charge is 0.388 e. The van der Waals surface area contributed by atoms with E-state index in [4.69, 9.17) is 10.5 Å². The molecule has 0 amide bonds. The van der Waals surface area contributed by atoms with Crippen molar-refractivity contribution in [1.82, 2.24) is 0 Å². The van der Waals surface area contributed by atoms with Gasteiger partial charge in [-0.25, -0.2) is 0 Å². The van der Waals surface area contributed by atoms with Crippen molar-refractivity contribution in [3.63, 3.8) is 0 Å². The van der Waals surface area contributed by atoms with Crippen molar-refractivity contribution in [2.75, 3.05) is 7.11 Å². The van der Waals surface area contributed by atoms with E-state index < -0.39 is 11.8 Å². The second kappa shape index (κ2) is 5.80. The third-order valence-corrected chi connectivity index (χ3v) is 3.35. The number of hydrogen-bond acceptors (Lipinski definition) is 4. The van der Waals surface area contributed by atoms with Crippen LogP contribution in [-0.2, 0) is 10.5 Å². The molecule has 0 unspecified atom stereocenters. The summed E-state index contributed by atoms with van der Waals surface area (Å²) in [5.41, 5.74) is 5.84. The van der Waals surface area contributed by atoms with E-state index in [9.17, 15) is 9.90 Å². The summed E-state index contributed by atoms with van der Waals surface area (Å²) < 4.78 is 5.30. The van der Waals surface area contributed by atoms with Crippen LogP contribution in [0.5, 0.6) is 0 Å². The lowest BCUT2D eigenvalue weighted by atomic mass is 9.91. The van der Waals surface area contributed by atoms with E-state index in [0.29, 0.717) is 11.1 Å². The molecule has 1 aliphatic carbocycles. The maximum atomic E-state index is 11.0. The Labute approximate surface area is 113 Å². The average molecular weight is 272 g/mol. The number of aliphatic hydroxyl groups is 1. The fraction of sp³-hybridized carbons (Fsp3) is 0.462. The van der Waals surface area contributed by atoms with Crippen molar-refractivity contribution in [2.45, 2.75) is 24.7 Å². The van der Waals surface area contributed by atoms with Crippen molar-refractivity contribution >= 4 is 18.7 Å². The maximum absolute atomic E-state index is 11.0. The zero-order chi connectivity index (χ0) is 12.5. The monoisotopic (exact) mass is 271 g/mol. The molecule has 1 aromatic rings. The molecule has 0 aromatic heterocycles. The summed E-state index contributed by atoms with van der Waals surface area (Å²) in [4.78, 5) is 11.0. The fourth-order valence-corrected chi connectivity index (χ4v) is 2.11. The normalized spacial score (nSPS) is 19.5. The van der Waals surface area contributed by atoms with Crippen LogP contribution in [0.3, 0.4) is 0 Å². The zero-order valence-electron chi connectivity index (χ0n) is 10.2. The summed E-state index contributed by atoms with van der Waals surface area (Å²) in [7, 11) is 1.45. The Balaban J connectivity index is 0.00000162. The number of aldehydes is 1. The number of benzene rings is 1. The molecule has 1 saturated carbocycles. The molecule has 2 atom stereocenters. The third-order valence-electron chi connectivity index (χ3n) is 3.35. The van der Waals surface area contributed by atoms with Gasteiger partial charge in [-0.15, -0.1) is 12.4 Å². The zero-order valence-corrected chi connectivity index (χ0v) is 11.0. The molecule has 1 aliphatic rings. The van der Waals surface area contributed by atoms with Gasteiger partial charge in [-0.05, 0) is 18.8 Å². The fourth-order valence-electron chi connectivity index (χ4n) is 2.11. The van der Waals surface area contributed by atoms with Crippen molar-refractivity contribution in [2.24, 2.45) is 11.7 Å². The molecule has 0 heterocycles. The molecule has 0 spiro atoms. The highest BCUT2D eigenvalue weighted by Crippen LogP contribution is 2.40. The van der Waals surface area contributed by atoms with Gasteiger partial charge < -0.3 is 9.84 Å². The Bertz CT molecular complexity index is 422. The number of carbonyl (C=O) groups excluding carboxylic acids is 1. The van der Waals surface area contributed by atoms with E-state index in [1.165, 1.54) is 7.11 Å². The van der Waals surface area contributed by atoms with Gasteiger partial charge in [0, 0.05) is 18.2 Å². The molecule has 0 bridgehead atoms. The van der Waals surface area contributed by atoms with E-state index >= 15 is 0 Å². The van der Waals surface area contributed by atoms with E-state index in [0.717, 1.165) is 19.1 Å². The SMILES string of the molecule is CO[C@@](N)(c1ccccc1C=O)[C@@H](O)C1CC1.Cl. The van der Waals surface area contributed by atoms with Crippen LogP contribution >= 0.6 is 12.4 Å². The molecule has 5 heteroatoms. The standard InChI is InChI=1S/C13H17NO3.ClH/c1-17-13(14,12(16)9-6-7-9)11-5-3-2-4-10(11)8-15;/h2-5,8-9,12,16H,6-7,14H2,1H3;1H/t12-,13-;/m0./s1. The Kier molecular flexibility index (Phi) is 4.87. The highest BCUT2D eigenvalue weighted by molar-refractivity contribution is 5.85. The number of hydrogen-bond donors (Lipinski definition) is 2. The van der Waals surface area contributed by atoms with Crippen LogP contribution in [0.25, 0.3) is 0 Å². The van der Waals surface area contributed by atoms with Crippen LogP contribution in [-0.4, -0.2) is 24.6 Å². The first-order valence-electron chi connectivity index (χ1n) is 5.70. The van der Waals surface area contributed by atoms with E-state index in [1.807, 2.05) is 0 Å². The molecule has 2 rings (SSSR count).